The maximum atomic E-state index is 4.39. The van der Waals surface area contributed by atoms with E-state index in [2.05, 4.69) is 57.6 Å². The van der Waals surface area contributed by atoms with Crippen LogP contribution in [-0.4, -0.2) is 9.78 Å². The maximum absolute atomic E-state index is 4.39. The second kappa shape index (κ2) is 5.27. The van der Waals surface area contributed by atoms with Crippen LogP contribution in [0.1, 0.15) is 29.3 Å². The second-order valence-electron chi connectivity index (χ2n) is 4.95. The van der Waals surface area contributed by atoms with Gasteiger partial charge in [-0.25, -0.2) is 4.68 Å². The zero-order valence-electron chi connectivity index (χ0n) is 12.1. The zero-order chi connectivity index (χ0) is 14.0. The van der Waals surface area contributed by atoms with Crippen LogP contribution < -0.4 is 0 Å². The number of benzene rings is 1. The van der Waals surface area contributed by atoms with Crippen molar-refractivity contribution in [3.63, 3.8) is 0 Å². The molecule has 0 atom stereocenters. The van der Waals surface area contributed by atoms with E-state index in [9.17, 15) is 0 Å². The zero-order valence-corrected chi connectivity index (χ0v) is 12.1. The quantitative estimate of drug-likeness (QED) is 0.741. The van der Waals surface area contributed by atoms with Gasteiger partial charge in [-0.2, -0.15) is 5.10 Å². The van der Waals surface area contributed by atoms with Crippen LogP contribution in [0.4, 0.5) is 0 Å². The molecule has 0 aliphatic rings. The summed E-state index contributed by atoms with van der Waals surface area (Å²) < 4.78 is 1.96. The molecule has 1 heterocycles. The summed E-state index contributed by atoms with van der Waals surface area (Å²) in [5.41, 5.74) is 6.90. The van der Waals surface area contributed by atoms with Gasteiger partial charge in [0.05, 0.1) is 6.20 Å². The Morgan fingerprint density at radius 3 is 2.42 bits per heavy atom. The molecule has 0 aliphatic heterocycles. The minimum Gasteiger partial charge on any atom is -0.242 e. The molecule has 0 amide bonds. The molecule has 19 heavy (non-hydrogen) atoms. The molecule has 0 unspecified atom stereocenters. The topological polar surface area (TPSA) is 17.8 Å². The predicted molar refractivity (Wildman–Crippen MR) is 81.9 cm³/mol. The van der Waals surface area contributed by atoms with Gasteiger partial charge in [-0.15, -0.1) is 0 Å². The van der Waals surface area contributed by atoms with E-state index in [0.717, 1.165) is 11.3 Å². The first-order chi connectivity index (χ1) is 9.00. The Balaban J connectivity index is 2.34. The van der Waals surface area contributed by atoms with Crippen molar-refractivity contribution < 1.29 is 0 Å². The average Bonchev–Trinajstić information content (AvgIpc) is 2.70. The molecular weight excluding hydrogens is 232 g/mol. The normalized spacial score (nSPS) is 11.7. The van der Waals surface area contributed by atoms with Gasteiger partial charge < -0.3 is 0 Å². The minimum absolute atomic E-state index is 1.02. The standard InChI is InChI=1S/C17H20N2/c1-12-8-6-7-9-17(12)13(2)10-15(4)19-16(5)14(3)11-18-19/h6-11H,2H2,1,3-5H3/b15-10-. The summed E-state index contributed by atoms with van der Waals surface area (Å²) in [5.74, 6) is 0. The Hall–Kier alpha value is -2.09. The summed E-state index contributed by atoms with van der Waals surface area (Å²) in [5, 5.41) is 4.39. The largest absolute Gasteiger partial charge is 0.242 e. The first-order valence-corrected chi connectivity index (χ1v) is 6.45. The molecule has 0 fully saturated rings. The van der Waals surface area contributed by atoms with Crippen molar-refractivity contribution in [3.05, 3.63) is 65.5 Å². The summed E-state index contributed by atoms with van der Waals surface area (Å²) >= 11 is 0. The lowest BCUT2D eigenvalue weighted by Gasteiger charge is -2.09. The average molecular weight is 252 g/mol. The van der Waals surface area contributed by atoms with Crippen LogP contribution in [0, 0.1) is 20.8 Å². The Bertz CT molecular complexity index is 645. The number of nitrogens with zero attached hydrogens (tertiary/aromatic N) is 2. The van der Waals surface area contributed by atoms with E-state index in [1.54, 1.807) is 0 Å². The fraction of sp³-hybridized carbons (Fsp3) is 0.235. The van der Waals surface area contributed by atoms with Gasteiger partial charge >= 0.3 is 0 Å². The minimum atomic E-state index is 1.02. The van der Waals surface area contributed by atoms with E-state index in [1.807, 2.05) is 23.0 Å². The molecule has 0 aliphatic carbocycles. The summed E-state index contributed by atoms with van der Waals surface area (Å²) in [6.45, 7) is 12.5. The molecule has 0 bridgehead atoms. The van der Waals surface area contributed by atoms with Crippen molar-refractivity contribution >= 4 is 11.3 Å². The molecule has 2 rings (SSSR count). The molecule has 0 radical (unpaired) electrons. The third-order valence-corrected chi connectivity index (χ3v) is 3.46. The fourth-order valence-electron chi connectivity index (χ4n) is 2.17. The van der Waals surface area contributed by atoms with Gasteiger partial charge in [-0.1, -0.05) is 30.8 Å². The lowest BCUT2D eigenvalue weighted by molar-refractivity contribution is 0.860. The van der Waals surface area contributed by atoms with E-state index in [-0.39, 0.29) is 0 Å². The van der Waals surface area contributed by atoms with Crippen molar-refractivity contribution in [2.24, 2.45) is 0 Å². The molecule has 2 aromatic rings. The van der Waals surface area contributed by atoms with Crippen molar-refractivity contribution in [2.45, 2.75) is 27.7 Å². The highest BCUT2D eigenvalue weighted by Crippen LogP contribution is 2.21. The molecule has 0 saturated heterocycles. The van der Waals surface area contributed by atoms with Gasteiger partial charge in [0.2, 0.25) is 0 Å². The maximum Gasteiger partial charge on any atom is 0.0526 e. The number of aryl methyl sites for hydroxylation is 2. The third-order valence-electron chi connectivity index (χ3n) is 3.46. The fourth-order valence-corrected chi connectivity index (χ4v) is 2.17. The summed E-state index contributed by atoms with van der Waals surface area (Å²) in [7, 11) is 0. The highest BCUT2D eigenvalue weighted by atomic mass is 15.3. The Kier molecular flexibility index (Phi) is 3.70. The van der Waals surface area contributed by atoms with E-state index in [4.69, 9.17) is 0 Å². The molecule has 0 N–H and O–H groups in total. The number of hydrogen-bond donors (Lipinski definition) is 0. The van der Waals surface area contributed by atoms with Gasteiger partial charge in [0.15, 0.2) is 0 Å². The van der Waals surface area contributed by atoms with Gasteiger partial charge in [-0.3, -0.25) is 0 Å². The first kappa shape index (κ1) is 13.3. The predicted octanol–water partition coefficient (Wildman–Crippen LogP) is 4.38. The highest BCUT2D eigenvalue weighted by molar-refractivity contribution is 5.79. The first-order valence-electron chi connectivity index (χ1n) is 6.45. The van der Waals surface area contributed by atoms with Crippen molar-refractivity contribution in [1.29, 1.82) is 0 Å². The lowest BCUT2D eigenvalue weighted by atomic mass is 10.0. The molecular formula is C17H20N2. The van der Waals surface area contributed by atoms with Gasteiger partial charge in [0.25, 0.3) is 0 Å². The number of rotatable bonds is 3. The number of hydrogen-bond acceptors (Lipinski definition) is 1. The summed E-state index contributed by atoms with van der Waals surface area (Å²) in [4.78, 5) is 0. The molecule has 2 heteroatoms. The molecule has 1 aromatic carbocycles. The molecule has 2 nitrogen and oxygen atoms in total. The second-order valence-corrected chi connectivity index (χ2v) is 4.95. The molecule has 0 saturated carbocycles. The SMILES string of the molecule is C=C(/C=C(/C)n1ncc(C)c1C)c1ccccc1C. The van der Waals surface area contributed by atoms with Crippen LogP contribution in [-0.2, 0) is 0 Å². The van der Waals surface area contributed by atoms with Crippen molar-refractivity contribution in [3.8, 4) is 0 Å². The van der Waals surface area contributed by atoms with Gasteiger partial charge in [0.1, 0.15) is 0 Å². The van der Waals surface area contributed by atoms with Crippen LogP contribution >= 0.6 is 0 Å². The van der Waals surface area contributed by atoms with E-state index < -0.39 is 0 Å². The van der Waals surface area contributed by atoms with Gasteiger partial charge in [0, 0.05) is 11.4 Å². The van der Waals surface area contributed by atoms with Gasteiger partial charge in [-0.05, 0) is 56.0 Å². The smallest absolute Gasteiger partial charge is 0.0526 e. The van der Waals surface area contributed by atoms with Crippen LogP contribution in [0.15, 0.2) is 43.1 Å². The Labute approximate surface area is 115 Å². The highest BCUT2D eigenvalue weighted by Gasteiger charge is 2.05. The third kappa shape index (κ3) is 2.68. The summed E-state index contributed by atoms with van der Waals surface area (Å²) in [6, 6.07) is 8.29. The van der Waals surface area contributed by atoms with E-state index in [1.165, 1.54) is 22.4 Å². The lowest BCUT2D eigenvalue weighted by Crippen LogP contribution is -1.99. The molecule has 1 aromatic heterocycles. The Morgan fingerprint density at radius 1 is 1.16 bits per heavy atom. The number of aromatic nitrogens is 2. The van der Waals surface area contributed by atoms with Crippen molar-refractivity contribution in [2.75, 3.05) is 0 Å². The van der Waals surface area contributed by atoms with Crippen LogP contribution in [0.25, 0.3) is 11.3 Å². The van der Waals surface area contributed by atoms with Crippen LogP contribution in [0.5, 0.6) is 0 Å². The van der Waals surface area contributed by atoms with E-state index in [0.29, 0.717) is 0 Å². The molecule has 0 spiro atoms. The van der Waals surface area contributed by atoms with Crippen molar-refractivity contribution in [1.82, 2.24) is 9.78 Å². The monoisotopic (exact) mass is 252 g/mol. The van der Waals surface area contributed by atoms with E-state index >= 15 is 0 Å². The molecule has 98 valence electrons. The van der Waals surface area contributed by atoms with Crippen LogP contribution in [0.3, 0.4) is 0 Å². The Morgan fingerprint density at radius 2 is 1.84 bits per heavy atom. The van der Waals surface area contributed by atoms with Crippen LogP contribution in [0.2, 0.25) is 0 Å². The number of allylic oxidation sites excluding steroid dienone is 3. The summed E-state index contributed by atoms with van der Waals surface area (Å²) in [6.07, 6.45) is 3.98.